The number of benzene rings is 1. The highest BCUT2D eigenvalue weighted by Crippen LogP contribution is 2.34. The smallest absolute Gasteiger partial charge is 0.306 e. The van der Waals surface area contributed by atoms with E-state index in [4.69, 9.17) is 14.2 Å². The quantitative estimate of drug-likeness (QED) is 0.773. The summed E-state index contributed by atoms with van der Waals surface area (Å²) in [4.78, 5) is 27.1. The van der Waals surface area contributed by atoms with Crippen molar-refractivity contribution in [1.29, 1.82) is 0 Å². The Morgan fingerprint density at radius 1 is 1.25 bits per heavy atom. The summed E-state index contributed by atoms with van der Waals surface area (Å²) in [5, 5.41) is 4.80. The van der Waals surface area contributed by atoms with Gasteiger partial charge in [-0.3, -0.25) is 14.9 Å². The Hall–Kier alpha value is -2.61. The number of aromatic nitrogens is 1. The Bertz CT molecular complexity index is 729. The van der Waals surface area contributed by atoms with Crippen molar-refractivity contribution >= 4 is 28.3 Å². The van der Waals surface area contributed by atoms with Crippen molar-refractivity contribution in [2.75, 3.05) is 26.1 Å². The molecule has 8 heteroatoms. The molecule has 0 spiro atoms. The van der Waals surface area contributed by atoms with Crippen molar-refractivity contribution in [1.82, 2.24) is 4.98 Å². The number of methoxy groups -OCH3 is 2. The molecule has 24 heavy (non-hydrogen) atoms. The van der Waals surface area contributed by atoms with Crippen molar-refractivity contribution in [2.24, 2.45) is 0 Å². The van der Waals surface area contributed by atoms with Crippen molar-refractivity contribution in [2.45, 2.75) is 13.3 Å². The Morgan fingerprint density at radius 2 is 2.04 bits per heavy atom. The zero-order chi connectivity index (χ0) is 17.5. The van der Waals surface area contributed by atoms with Crippen LogP contribution < -0.4 is 14.8 Å². The van der Waals surface area contributed by atoms with Crippen LogP contribution in [-0.2, 0) is 14.3 Å². The fourth-order valence-electron chi connectivity index (χ4n) is 1.87. The fraction of sp³-hybridized carbons (Fsp3) is 0.312. The van der Waals surface area contributed by atoms with Gasteiger partial charge in [0.15, 0.2) is 11.7 Å². The van der Waals surface area contributed by atoms with Gasteiger partial charge in [-0.05, 0) is 18.2 Å². The number of ether oxygens (including phenoxy) is 3. The number of hydrogen-bond donors (Lipinski definition) is 1. The van der Waals surface area contributed by atoms with Crippen molar-refractivity contribution in [3.05, 3.63) is 23.6 Å². The first-order chi connectivity index (χ1) is 11.6. The molecule has 0 saturated carbocycles. The predicted octanol–water partition coefficient (Wildman–Crippen LogP) is 2.72. The van der Waals surface area contributed by atoms with Gasteiger partial charge in [-0.15, -0.1) is 11.3 Å². The van der Waals surface area contributed by atoms with Gasteiger partial charge in [0.25, 0.3) is 5.91 Å². The molecule has 0 unspecified atom stereocenters. The van der Waals surface area contributed by atoms with E-state index >= 15 is 0 Å². The first-order valence-electron chi connectivity index (χ1n) is 7.20. The Balaban J connectivity index is 2.10. The number of carbonyl (C=O) groups is 2. The molecule has 0 fully saturated rings. The van der Waals surface area contributed by atoms with E-state index in [1.807, 2.05) is 6.07 Å². The maximum atomic E-state index is 11.7. The van der Waals surface area contributed by atoms with Gasteiger partial charge in [0.05, 0.1) is 19.9 Å². The highest BCUT2D eigenvalue weighted by atomic mass is 32.1. The van der Waals surface area contributed by atoms with Crippen LogP contribution in [0, 0.1) is 0 Å². The Kier molecular flexibility index (Phi) is 6.14. The van der Waals surface area contributed by atoms with E-state index < -0.39 is 11.9 Å². The topological polar surface area (TPSA) is 86.8 Å². The molecule has 0 saturated heterocycles. The molecule has 0 atom stereocenters. The van der Waals surface area contributed by atoms with Crippen molar-refractivity contribution < 1.29 is 23.8 Å². The van der Waals surface area contributed by atoms with Gasteiger partial charge in [0.1, 0.15) is 11.5 Å². The summed E-state index contributed by atoms with van der Waals surface area (Å²) in [6.45, 7) is 1.33. The largest absolute Gasteiger partial charge is 0.497 e. The molecular formula is C16H18N2O5S. The van der Waals surface area contributed by atoms with Gasteiger partial charge in [0, 0.05) is 17.4 Å². The molecule has 0 aliphatic heterocycles. The summed E-state index contributed by atoms with van der Waals surface area (Å²) in [6, 6.07) is 5.39. The van der Waals surface area contributed by atoms with Gasteiger partial charge in [-0.1, -0.05) is 6.92 Å². The van der Waals surface area contributed by atoms with Gasteiger partial charge >= 0.3 is 5.97 Å². The minimum absolute atomic E-state index is 0.227. The van der Waals surface area contributed by atoms with Crippen LogP contribution in [0.2, 0.25) is 0 Å². The van der Waals surface area contributed by atoms with E-state index in [2.05, 4.69) is 10.3 Å². The molecule has 0 aliphatic rings. The molecule has 1 heterocycles. The standard InChI is InChI=1S/C16H18N2O5S/c1-4-15(20)23-8-14(19)18-16-17-12(9-24-16)11-7-10(21-2)5-6-13(11)22-3/h5-7,9H,4,8H2,1-3H3,(H,17,18,19). The van der Waals surface area contributed by atoms with Crippen LogP contribution in [0.3, 0.4) is 0 Å². The van der Waals surface area contributed by atoms with Crippen LogP contribution in [0.15, 0.2) is 23.6 Å². The first kappa shape index (κ1) is 17.7. The number of nitrogens with zero attached hydrogens (tertiary/aromatic N) is 1. The normalized spacial score (nSPS) is 10.1. The lowest BCUT2D eigenvalue weighted by atomic mass is 10.1. The highest BCUT2D eigenvalue weighted by Gasteiger charge is 2.13. The number of nitrogens with one attached hydrogen (secondary N) is 1. The SMILES string of the molecule is CCC(=O)OCC(=O)Nc1nc(-c2cc(OC)ccc2OC)cs1. The van der Waals surface area contributed by atoms with E-state index in [1.165, 1.54) is 11.3 Å². The molecule has 1 N–H and O–H groups in total. The van der Waals surface area contributed by atoms with E-state index in [9.17, 15) is 9.59 Å². The molecule has 1 aromatic heterocycles. The molecule has 7 nitrogen and oxygen atoms in total. The summed E-state index contributed by atoms with van der Waals surface area (Å²) >= 11 is 1.27. The van der Waals surface area contributed by atoms with E-state index in [1.54, 1.807) is 38.7 Å². The van der Waals surface area contributed by atoms with E-state index in [0.29, 0.717) is 22.3 Å². The molecule has 1 amide bonds. The number of rotatable bonds is 7. The minimum atomic E-state index is -0.435. The second-order valence-electron chi connectivity index (χ2n) is 4.67. The number of amides is 1. The molecule has 0 aliphatic carbocycles. The second-order valence-corrected chi connectivity index (χ2v) is 5.52. The Labute approximate surface area is 143 Å². The van der Waals surface area contributed by atoms with Crippen LogP contribution in [0.4, 0.5) is 5.13 Å². The van der Waals surface area contributed by atoms with Crippen LogP contribution >= 0.6 is 11.3 Å². The molecule has 1 aromatic carbocycles. The monoisotopic (exact) mass is 350 g/mol. The number of anilines is 1. The molecule has 0 bridgehead atoms. The van der Waals surface area contributed by atoms with E-state index in [-0.39, 0.29) is 13.0 Å². The third kappa shape index (κ3) is 4.45. The zero-order valence-electron chi connectivity index (χ0n) is 13.6. The summed E-state index contributed by atoms with van der Waals surface area (Å²) in [5.74, 6) is 0.466. The fourth-order valence-corrected chi connectivity index (χ4v) is 2.60. The van der Waals surface area contributed by atoms with Crippen LogP contribution in [0.25, 0.3) is 11.3 Å². The summed E-state index contributed by atoms with van der Waals surface area (Å²) in [5.41, 5.74) is 1.41. The van der Waals surface area contributed by atoms with Crippen LogP contribution in [0.1, 0.15) is 13.3 Å². The lowest BCUT2D eigenvalue weighted by Crippen LogP contribution is -2.20. The molecule has 2 rings (SSSR count). The molecule has 0 radical (unpaired) electrons. The lowest BCUT2D eigenvalue weighted by molar-refractivity contribution is -0.146. The van der Waals surface area contributed by atoms with Gasteiger partial charge in [-0.2, -0.15) is 0 Å². The average Bonchev–Trinajstić information content (AvgIpc) is 3.07. The maximum absolute atomic E-state index is 11.7. The van der Waals surface area contributed by atoms with Gasteiger partial charge in [0.2, 0.25) is 0 Å². The number of hydrogen-bond acceptors (Lipinski definition) is 7. The second kappa shape index (κ2) is 8.30. The molecule has 2 aromatic rings. The number of thiazole rings is 1. The lowest BCUT2D eigenvalue weighted by Gasteiger charge is -2.08. The van der Waals surface area contributed by atoms with Crippen LogP contribution in [-0.4, -0.2) is 37.7 Å². The minimum Gasteiger partial charge on any atom is -0.497 e. The summed E-state index contributed by atoms with van der Waals surface area (Å²) in [7, 11) is 3.15. The third-order valence-corrected chi connectivity index (χ3v) is 3.84. The summed E-state index contributed by atoms with van der Waals surface area (Å²) < 4.78 is 15.3. The number of esters is 1. The Morgan fingerprint density at radius 3 is 2.71 bits per heavy atom. The van der Waals surface area contributed by atoms with Gasteiger partial charge < -0.3 is 14.2 Å². The zero-order valence-corrected chi connectivity index (χ0v) is 14.4. The average molecular weight is 350 g/mol. The van der Waals surface area contributed by atoms with E-state index in [0.717, 1.165) is 5.56 Å². The molecule has 128 valence electrons. The number of carbonyl (C=O) groups excluding carboxylic acids is 2. The molecular weight excluding hydrogens is 332 g/mol. The van der Waals surface area contributed by atoms with Crippen LogP contribution in [0.5, 0.6) is 11.5 Å². The predicted molar refractivity (Wildman–Crippen MR) is 90.5 cm³/mol. The maximum Gasteiger partial charge on any atom is 0.306 e. The highest BCUT2D eigenvalue weighted by molar-refractivity contribution is 7.14. The van der Waals surface area contributed by atoms with Crippen molar-refractivity contribution in [3.63, 3.8) is 0 Å². The first-order valence-corrected chi connectivity index (χ1v) is 8.08. The van der Waals surface area contributed by atoms with Gasteiger partial charge in [-0.25, -0.2) is 4.98 Å². The third-order valence-electron chi connectivity index (χ3n) is 3.09. The summed E-state index contributed by atoms with van der Waals surface area (Å²) in [6.07, 6.45) is 0.227. The van der Waals surface area contributed by atoms with Crippen molar-refractivity contribution in [3.8, 4) is 22.8 Å².